The summed E-state index contributed by atoms with van der Waals surface area (Å²) in [5.74, 6) is 0.945. The molecule has 2 amide bonds. The number of hydrogen-bond acceptors (Lipinski definition) is 4. The summed E-state index contributed by atoms with van der Waals surface area (Å²) in [6, 6.07) is 10.8. The fraction of sp³-hybridized carbons (Fsp3) is 0.211. The highest BCUT2D eigenvalue weighted by Gasteiger charge is 2.35. The number of benzene rings is 1. The second-order valence-corrected chi connectivity index (χ2v) is 6.78. The van der Waals surface area contributed by atoms with Crippen LogP contribution in [0.15, 0.2) is 47.1 Å². The molecule has 2 aromatic heterocycles. The Balaban J connectivity index is 1.65. The van der Waals surface area contributed by atoms with Gasteiger partial charge in [0.2, 0.25) is 11.8 Å². The number of halogens is 1. The Morgan fingerprint density at radius 1 is 1.37 bits per heavy atom. The van der Waals surface area contributed by atoms with Crippen molar-refractivity contribution >= 4 is 35.1 Å². The maximum absolute atomic E-state index is 12.6. The molecule has 7 nitrogen and oxygen atoms in total. The van der Waals surface area contributed by atoms with E-state index in [0.29, 0.717) is 22.4 Å². The molecule has 27 heavy (non-hydrogen) atoms. The van der Waals surface area contributed by atoms with Crippen LogP contribution < -0.4 is 10.6 Å². The highest BCUT2D eigenvalue weighted by molar-refractivity contribution is 6.31. The lowest BCUT2D eigenvalue weighted by atomic mass is 9.91. The molecule has 0 fully saturated rings. The van der Waals surface area contributed by atoms with E-state index >= 15 is 0 Å². The first-order chi connectivity index (χ1) is 13.0. The van der Waals surface area contributed by atoms with E-state index in [1.54, 1.807) is 30.1 Å². The van der Waals surface area contributed by atoms with E-state index in [4.69, 9.17) is 16.0 Å². The zero-order valence-electron chi connectivity index (χ0n) is 14.5. The molecule has 0 unspecified atom stereocenters. The summed E-state index contributed by atoms with van der Waals surface area (Å²) < 4.78 is 7.06. The van der Waals surface area contributed by atoms with E-state index in [-0.39, 0.29) is 30.6 Å². The van der Waals surface area contributed by atoms with Gasteiger partial charge in [-0.05, 0) is 23.8 Å². The van der Waals surface area contributed by atoms with E-state index in [0.717, 1.165) is 11.1 Å². The molecule has 4 rings (SSSR count). The fourth-order valence-electron chi connectivity index (χ4n) is 3.30. The molecular weight excluding hydrogens is 368 g/mol. The van der Waals surface area contributed by atoms with Crippen molar-refractivity contribution < 1.29 is 14.0 Å². The van der Waals surface area contributed by atoms with Crippen LogP contribution >= 0.6 is 11.6 Å². The molecule has 0 aliphatic carbocycles. The Labute approximate surface area is 160 Å². The SMILES string of the molecule is Cn1nc(NC(=O)Cc2ccccc2Cl)c2c1NC(=O)C[C@@H]2c1ccco1. The summed E-state index contributed by atoms with van der Waals surface area (Å²) in [5, 5.41) is 10.6. The van der Waals surface area contributed by atoms with Gasteiger partial charge in [0, 0.05) is 18.5 Å². The van der Waals surface area contributed by atoms with E-state index < -0.39 is 0 Å². The smallest absolute Gasteiger partial charge is 0.230 e. The van der Waals surface area contributed by atoms with Gasteiger partial charge in [-0.1, -0.05) is 29.8 Å². The van der Waals surface area contributed by atoms with Crippen LogP contribution in [0.25, 0.3) is 0 Å². The number of rotatable bonds is 4. The lowest BCUT2D eigenvalue weighted by Gasteiger charge is -2.22. The van der Waals surface area contributed by atoms with Gasteiger partial charge < -0.3 is 15.1 Å². The molecule has 1 atom stereocenters. The summed E-state index contributed by atoms with van der Waals surface area (Å²) in [5.41, 5.74) is 1.47. The molecule has 0 bridgehead atoms. The van der Waals surface area contributed by atoms with Crippen molar-refractivity contribution in [2.75, 3.05) is 10.6 Å². The van der Waals surface area contributed by atoms with Gasteiger partial charge in [-0.15, -0.1) is 0 Å². The van der Waals surface area contributed by atoms with Gasteiger partial charge in [-0.2, -0.15) is 5.10 Å². The zero-order valence-corrected chi connectivity index (χ0v) is 15.3. The van der Waals surface area contributed by atoms with E-state index in [1.165, 1.54) is 0 Å². The normalized spacial score (nSPS) is 15.9. The highest BCUT2D eigenvalue weighted by Crippen LogP contribution is 2.41. The maximum Gasteiger partial charge on any atom is 0.230 e. The lowest BCUT2D eigenvalue weighted by molar-refractivity contribution is -0.117. The van der Waals surface area contributed by atoms with Gasteiger partial charge in [0.15, 0.2) is 5.82 Å². The van der Waals surface area contributed by atoms with Gasteiger partial charge in [0.1, 0.15) is 11.6 Å². The first kappa shape index (κ1) is 17.4. The molecule has 138 valence electrons. The van der Waals surface area contributed by atoms with Crippen molar-refractivity contribution in [3.8, 4) is 0 Å². The minimum absolute atomic E-state index is 0.124. The third-order valence-electron chi connectivity index (χ3n) is 4.53. The van der Waals surface area contributed by atoms with Crippen LogP contribution in [0.4, 0.5) is 11.6 Å². The summed E-state index contributed by atoms with van der Waals surface area (Å²) in [7, 11) is 1.72. The van der Waals surface area contributed by atoms with Gasteiger partial charge >= 0.3 is 0 Å². The Kier molecular flexibility index (Phi) is 4.45. The second kappa shape index (κ2) is 6.92. The maximum atomic E-state index is 12.6. The van der Waals surface area contributed by atoms with Crippen molar-refractivity contribution in [3.05, 3.63) is 64.6 Å². The number of carbonyl (C=O) groups excluding carboxylic acids is 2. The molecule has 0 spiro atoms. The van der Waals surface area contributed by atoms with Crippen LogP contribution in [0.1, 0.15) is 29.2 Å². The second-order valence-electron chi connectivity index (χ2n) is 6.37. The summed E-state index contributed by atoms with van der Waals surface area (Å²) in [6.07, 6.45) is 1.91. The zero-order chi connectivity index (χ0) is 19.0. The Bertz CT molecular complexity index is 1010. The number of amides is 2. The van der Waals surface area contributed by atoms with Gasteiger partial charge in [-0.3, -0.25) is 14.3 Å². The first-order valence-electron chi connectivity index (χ1n) is 8.46. The number of hydrogen-bond donors (Lipinski definition) is 2. The van der Waals surface area contributed by atoms with Crippen molar-refractivity contribution in [3.63, 3.8) is 0 Å². The predicted molar refractivity (Wildman–Crippen MR) is 101 cm³/mol. The monoisotopic (exact) mass is 384 g/mol. The van der Waals surface area contributed by atoms with Gasteiger partial charge in [0.25, 0.3) is 0 Å². The largest absolute Gasteiger partial charge is 0.469 e. The molecule has 3 heterocycles. The van der Waals surface area contributed by atoms with Gasteiger partial charge in [-0.25, -0.2) is 0 Å². The lowest BCUT2D eigenvalue weighted by Crippen LogP contribution is -2.25. The van der Waals surface area contributed by atoms with Crippen LogP contribution in [0.5, 0.6) is 0 Å². The fourth-order valence-corrected chi connectivity index (χ4v) is 3.51. The van der Waals surface area contributed by atoms with Crippen molar-refractivity contribution in [1.82, 2.24) is 9.78 Å². The number of aryl methyl sites for hydroxylation is 1. The minimum Gasteiger partial charge on any atom is -0.469 e. The average Bonchev–Trinajstić information content (AvgIpc) is 3.26. The molecule has 1 aliphatic heterocycles. The summed E-state index contributed by atoms with van der Waals surface area (Å²) in [4.78, 5) is 24.7. The molecule has 0 saturated carbocycles. The number of anilines is 2. The van der Waals surface area contributed by atoms with Crippen LogP contribution in [0.3, 0.4) is 0 Å². The topological polar surface area (TPSA) is 89.2 Å². The molecule has 3 aromatic rings. The molecule has 1 aromatic carbocycles. The summed E-state index contributed by atoms with van der Waals surface area (Å²) in [6.45, 7) is 0. The van der Waals surface area contributed by atoms with Gasteiger partial charge in [0.05, 0.1) is 24.2 Å². The van der Waals surface area contributed by atoms with Crippen molar-refractivity contribution in [2.24, 2.45) is 7.05 Å². The van der Waals surface area contributed by atoms with E-state index in [9.17, 15) is 9.59 Å². The van der Waals surface area contributed by atoms with Crippen LogP contribution in [-0.2, 0) is 23.1 Å². The molecule has 8 heteroatoms. The number of furan rings is 1. The third-order valence-corrected chi connectivity index (χ3v) is 4.90. The number of carbonyl (C=O) groups is 2. The average molecular weight is 385 g/mol. The molecule has 2 N–H and O–H groups in total. The predicted octanol–water partition coefficient (Wildman–Crippen LogP) is 3.32. The third kappa shape index (κ3) is 3.33. The first-order valence-corrected chi connectivity index (χ1v) is 8.84. The number of aromatic nitrogens is 2. The van der Waals surface area contributed by atoms with Crippen LogP contribution in [0.2, 0.25) is 5.02 Å². The number of nitrogens with one attached hydrogen (secondary N) is 2. The Morgan fingerprint density at radius 3 is 2.93 bits per heavy atom. The molecule has 0 saturated heterocycles. The quantitative estimate of drug-likeness (QED) is 0.722. The Hall–Kier alpha value is -3.06. The summed E-state index contributed by atoms with van der Waals surface area (Å²) >= 11 is 6.14. The standard InChI is InChI=1S/C19H17ClN4O3/c1-24-19-17(12(10-16(26)22-19)14-7-4-8-27-14)18(23-24)21-15(25)9-11-5-2-3-6-13(11)20/h2-8,12H,9-10H2,1H3,(H,22,26)(H,21,23,25)/t12-/m1/s1. The number of fused-ring (bicyclic) bond motifs is 1. The van der Waals surface area contributed by atoms with E-state index in [2.05, 4.69) is 15.7 Å². The van der Waals surface area contributed by atoms with Crippen molar-refractivity contribution in [1.29, 1.82) is 0 Å². The highest BCUT2D eigenvalue weighted by atomic mass is 35.5. The van der Waals surface area contributed by atoms with E-state index in [1.807, 2.05) is 24.3 Å². The van der Waals surface area contributed by atoms with Crippen LogP contribution in [0, 0.1) is 0 Å². The van der Waals surface area contributed by atoms with Crippen LogP contribution in [-0.4, -0.2) is 21.6 Å². The minimum atomic E-state index is -0.312. The molecule has 0 radical (unpaired) electrons. The van der Waals surface area contributed by atoms with Crippen molar-refractivity contribution in [2.45, 2.75) is 18.8 Å². The Morgan fingerprint density at radius 2 is 2.19 bits per heavy atom. The molecular formula is C19H17ClN4O3. The number of nitrogens with zero attached hydrogens (tertiary/aromatic N) is 2. The molecule has 1 aliphatic rings.